The van der Waals surface area contributed by atoms with Crippen LogP contribution in [-0.2, 0) is 4.79 Å². The number of rotatable bonds is 6. The van der Waals surface area contributed by atoms with Crippen molar-refractivity contribution in [3.63, 3.8) is 0 Å². The molecule has 0 atom stereocenters. The predicted octanol–water partition coefficient (Wildman–Crippen LogP) is 3.53. The first-order valence-corrected chi connectivity index (χ1v) is 8.23. The Kier molecular flexibility index (Phi) is 5.89. The van der Waals surface area contributed by atoms with Gasteiger partial charge in [-0.1, -0.05) is 12.1 Å². The monoisotopic (exact) mass is 326 g/mol. The summed E-state index contributed by atoms with van der Waals surface area (Å²) in [7, 11) is 0. The number of nitrogens with zero attached hydrogens (tertiary/aromatic N) is 3. The molecule has 0 radical (unpaired) electrons. The molecule has 5 nitrogen and oxygen atoms in total. The van der Waals surface area contributed by atoms with Crippen LogP contribution in [0, 0.1) is 11.3 Å². The fourth-order valence-electron chi connectivity index (χ4n) is 2.14. The molecule has 23 heavy (non-hydrogen) atoms. The van der Waals surface area contributed by atoms with Crippen LogP contribution in [0.15, 0.2) is 41.4 Å². The minimum atomic E-state index is -0.449. The highest BCUT2D eigenvalue weighted by Gasteiger charge is 2.10. The first-order chi connectivity index (χ1) is 11.2. The summed E-state index contributed by atoms with van der Waals surface area (Å²) >= 11 is 1.31. The maximum Gasteiger partial charge on any atom is 0.268 e. The van der Waals surface area contributed by atoms with Crippen molar-refractivity contribution in [1.82, 2.24) is 4.98 Å². The molecule has 1 amide bonds. The first kappa shape index (κ1) is 16.7. The summed E-state index contributed by atoms with van der Waals surface area (Å²) in [5, 5.41) is 14.1. The lowest BCUT2D eigenvalue weighted by Gasteiger charge is -2.20. The van der Waals surface area contributed by atoms with Gasteiger partial charge in [-0.25, -0.2) is 4.98 Å². The highest BCUT2D eigenvalue weighted by atomic mass is 32.1. The lowest BCUT2D eigenvalue weighted by molar-refractivity contribution is -0.112. The van der Waals surface area contributed by atoms with Crippen LogP contribution in [0.1, 0.15) is 19.4 Å². The van der Waals surface area contributed by atoms with Gasteiger partial charge in [0.15, 0.2) is 5.13 Å². The van der Waals surface area contributed by atoms with E-state index in [1.165, 1.54) is 11.3 Å². The Morgan fingerprint density at radius 2 is 2.04 bits per heavy atom. The summed E-state index contributed by atoms with van der Waals surface area (Å²) in [5.41, 5.74) is 1.99. The molecule has 0 spiro atoms. The molecule has 118 valence electrons. The molecule has 1 aromatic heterocycles. The van der Waals surface area contributed by atoms with E-state index in [9.17, 15) is 10.1 Å². The second-order valence-corrected chi connectivity index (χ2v) is 5.62. The van der Waals surface area contributed by atoms with Gasteiger partial charge in [0.25, 0.3) is 5.91 Å². The summed E-state index contributed by atoms with van der Waals surface area (Å²) in [6.07, 6.45) is 3.18. The highest BCUT2D eigenvalue weighted by Crippen LogP contribution is 2.17. The summed E-state index contributed by atoms with van der Waals surface area (Å²) in [6.45, 7) is 6.08. The number of hydrogen-bond donors (Lipinski definition) is 1. The van der Waals surface area contributed by atoms with Crippen molar-refractivity contribution in [3.05, 3.63) is 47.0 Å². The van der Waals surface area contributed by atoms with Crippen molar-refractivity contribution in [2.45, 2.75) is 13.8 Å². The molecular weight excluding hydrogens is 308 g/mol. The quantitative estimate of drug-likeness (QED) is 0.651. The standard InChI is InChI=1S/C17H18N4OS/c1-3-21(4-2)15-7-5-13(6-8-15)11-14(12-18)16(22)20-17-19-9-10-23-17/h5-11H,3-4H2,1-2H3,(H,19,20,22)/b14-11+. The molecular formula is C17H18N4OS. The van der Waals surface area contributed by atoms with Crippen LogP contribution >= 0.6 is 11.3 Å². The number of aromatic nitrogens is 1. The lowest BCUT2D eigenvalue weighted by atomic mass is 10.1. The van der Waals surface area contributed by atoms with Crippen LogP contribution < -0.4 is 10.2 Å². The molecule has 0 fully saturated rings. The van der Waals surface area contributed by atoms with Crippen molar-refractivity contribution in [1.29, 1.82) is 5.26 Å². The van der Waals surface area contributed by atoms with Crippen molar-refractivity contribution in [2.75, 3.05) is 23.3 Å². The van der Waals surface area contributed by atoms with E-state index in [0.29, 0.717) is 5.13 Å². The molecule has 0 unspecified atom stereocenters. The number of carbonyl (C=O) groups excluding carboxylic acids is 1. The van der Waals surface area contributed by atoms with Gasteiger partial charge in [-0.3, -0.25) is 10.1 Å². The van der Waals surface area contributed by atoms with Crippen molar-refractivity contribution in [3.8, 4) is 6.07 Å². The fourth-order valence-corrected chi connectivity index (χ4v) is 2.66. The molecule has 6 heteroatoms. The van der Waals surface area contributed by atoms with Gasteiger partial charge in [0.05, 0.1) is 0 Å². The Hall–Kier alpha value is -2.65. The Morgan fingerprint density at radius 1 is 1.35 bits per heavy atom. The van der Waals surface area contributed by atoms with E-state index in [2.05, 4.69) is 29.0 Å². The summed E-state index contributed by atoms with van der Waals surface area (Å²) in [4.78, 5) is 18.3. The number of amides is 1. The van der Waals surface area contributed by atoms with Gasteiger partial charge in [0.1, 0.15) is 11.6 Å². The number of hydrogen-bond acceptors (Lipinski definition) is 5. The molecule has 0 aliphatic carbocycles. The van der Waals surface area contributed by atoms with E-state index in [4.69, 9.17) is 0 Å². The van der Waals surface area contributed by atoms with E-state index in [0.717, 1.165) is 24.3 Å². The third-order valence-electron chi connectivity index (χ3n) is 3.35. The molecule has 0 saturated heterocycles. The zero-order valence-corrected chi connectivity index (χ0v) is 13.9. The number of nitrogens with one attached hydrogen (secondary N) is 1. The average molecular weight is 326 g/mol. The maximum absolute atomic E-state index is 12.1. The van der Waals surface area contributed by atoms with Crippen molar-refractivity contribution < 1.29 is 4.79 Å². The molecule has 0 bridgehead atoms. The Balaban J connectivity index is 2.14. The van der Waals surface area contributed by atoms with Crippen LogP contribution in [0.2, 0.25) is 0 Å². The highest BCUT2D eigenvalue weighted by molar-refractivity contribution is 7.13. The molecule has 1 aromatic carbocycles. The summed E-state index contributed by atoms with van der Waals surface area (Å²) in [6, 6.07) is 9.73. The van der Waals surface area contributed by atoms with E-state index in [1.54, 1.807) is 17.7 Å². The van der Waals surface area contributed by atoms with Gasteiger partial charge in [-0.15, -0.1) is 11.3 Å². The number of thiazole rings is 1. The third kappa shape index (κ3) is 4.41. The minimum absolute atomic E-state index is 0.0517. The smallest absolute Gasteiger partial charge is 0.268 e. The Bertz CT molecular complexity index is 710. The van der Waals surface area contributed by atoms with E-state index in [-0.39, 0.29) is 5.57 Å². The normalized spacial score (nSPS) is 10.9. The lowest BCUT2D eigenvalue weighted by Crippen LogP contribution is -2.21. The van der Waals surface area contributed by atoms with Gasteiger partial charge in [0, 0.05) is 30.4 Å². The van der Waals surface area contributed by atoms with Crippen LogP contribution in [0.3, 0.4) is 0 Å². The Labute approximate surface area is 139 Å². The molecule has 0 aliphatic rings. The third-order valence-corrected chi connectivity index (χ3v) is 4.04. The molecule has 1 heterocycles. The second-order valence-electron chi connectivity index (χ2n) is 4.73. The number of nitriles is 1. The topological polar surface area (TPSA) is 69.0 Å². The molecule has 2 rings (SSSR count). The first-order valence-electron chi connectivity index (χ1n) is 7.35. The van der Waals surface area contributed by atoms with Gasteiger partial charge < -0.3 is 4.90 Å². The van der Waals surface area contributed by atoms with E-state index < -0.39 is 5.91 Å². The molecule has 0 aliphatic heterocycles. The zero-order valence-electron chi connectivity index (χ0n) is 13.1. The Morgan fingerprint density at radius 3 is 2.57 bits per heavy atom. The number of anilines is 2. The van der Waals surface area contributed by atoms with Crippen molar-refractivity contribution >= 4 is 34.1 Å². The summed E-state index contributed by atoms with van der Waals surface area (Å²) < 4.78 is 0. The van der Waals surface area contributed by atoms with Gasteiger partial charge in [-0.05, 0) is 37.6 Å². The number of benzene rings is 1. The molecule has 0 saturated carbocycles. The molecule has 1 N–H and O–H groups in total. The van der Waals surface area contributed by atoms with Crippen LogP contribution in [0.4, 0.5) is 10.8 Å². The van der Waals surface area contributed by atoms with Gasteiger partial charge >= 0.3 is 0 Å². The van der Waals surface area contributed by atoms with Gasteiger partial charge in [-0.2, -0.15) is 5.26 Å². The number of carbonyl (C=O) groups is 1. The van der Waals surface area contributed by atoms with Crippen molar-refractivity contribution in [2.24, 2.45) is 0 Å². The van der Waals surface area contributed by atoms with Crippen LogP contribution in [0.5, 0.6) is 0 Å². The minimum Gasteiger partial charge on any atom is -0.372 e. The zero-order chi connectivity index (χ0) is 16.7. The van der Waals surface area contributed by atoms with E-state index >= 15 is 0 Å². The van der Waals surface area contributed by atoms with Crippen LogP contribution in [0.25, 0.3) is 6.08 Å². The predicted molar refractivity (Wildman–Crippen MR) is 94.3 cm³/mol. The molecule has 2 aromatic rings. The second kappa shape index (κ2) is 8.11. The SMILES string of the molecule is CCN(CC)c1ccc(/C=C(\C#N)C(=O)Nc2nccs2)cc1. The van der Waals surface area contributed by atoms with E-state index in [1.807, 2.05) is 30.3 Å². The maximum atomic E-state index is 12.1. The van der Waals surface area contributed by atoms with Gasteiger partial charge in [0.2, 0.25) is 0 Å². The van der Waals surface area contributed by atoms with Crippen LogP contribution in [-0.4, -0.2) is 24.0 Å². The fraction of sp³-hybridized carbons (Fsp3) is 0.235. The summed E-state index contributed by atoms with van der Waals surface area (Å²) in [5.74, 6) is -0.449. The largest absolute Gasteiger partial charge is 0.372 e. The average Bonchev–Trinajstić information content (AvgIpc) is 3.08.